The molecule has 11 heteroatoms. The van der Waals surface area contributed by atoms with Crippen LogP contribution < -0.4 is 9.80 Å². The van der Waals surface area contributed by atoms with Crippen LogP contribution in [0.3, 0.4) is 0 Å². The molecular formula is C29H39N5O5S. The first-order valence-electron chi connectivity index (χ1n) is 14.4. The standard InChI is InChI=1S/C29H39N5O5S/c1-2-25-8-4-7-15-33(25)27-12-10-26(34(35)36)20-23(27)22-30-24-9-11-28(31-13-5-3-6-14-31)29(21-24)40(37,38)32-16-18-39-19-17-32/h9-12,20-22,25H,2-8,13-19H2,1H3/t25-/m1/s1. The molecule has 40 heavy (non-hydrogen) atoms. The molecule has 3 aliphatic rings. The van der Waals surface area contributed by atoms with Gasteiger partial charge in [-0.05, 0) is 69.2 Å². The second kappa shape index (κ2) is 12.7. The summed E-state index contributed by atoms with van der Waals surface area (Å²) in [7, 11) is -3.76. The van der Waals surface area contributed by atoms with Crippen LogP contribution in [0.5, 0.6) is 0 Å². The van der Waals surface area contributed by atoms with Gasteiger partial charge >= 0.3 is 0 Å². The van der Waals surface area contributed by atoms with E-state index in [4.69, 9.17) is 4.74 Å². The number of hydrogen-bond donors (Lipinski definition) is 0. The first-order chi connectivity index (χ1) is 19.4. The summed E-state index contributed by atoms with van der Waals surface area (Å²) in [5.41, 5.74) is 2.79. The predicted octanol–water partition coefficient (Wildman–Crippen LogP) is 5.13. The minimum absolute atomic E-state index is 0.00582. The van der Waals surface area contributed by atoms with Crippen LogP contribution in [0.2, 0.25) is 0 Å². The van der Waals surface area contributed by atoms with E-state index in [-0.39, 0.29) is 10.6 Å². The zero-order valence-corrected chi connectivity index (χ0v) is 24.0. The average Bonchev–Trinajstić information content (AvgIpc) is 3.00. The van der Waals surface area contributed by atoms with Crippen LogP contribution in [0.4, 0.5) is 22.7 Å². The Morgan fingerprint density at radius 3 is 2.42 bits per heavy atom. The summed E-state index contributed by atoms with van der Waals surface area (Å²) in [4.78, 5) is 20.6. The third-order valence-corrected chi connectivity index (χ3v) is 10.1. The third kappa shape index (κ3) is 6.16. The second-order valence-corrected chi connectivity index (χ2v) is 12.6. The lowest BCUT2D eigenvalue weighted by atomic mass is 9.98. The van der Waals surface area contributed by atoms with Gasteiger partial charge in [0.1, 0.15) is 4.90 Å². The monoisotopic (exact) mass is 569 g/mol. The molecule has 1 atom stereocenters. The summed E-state index contributed by atoms with van der Waals surface area (Å²) >= 11 is 0. The molecule has 2 aromatic rings. The van der Waals surface area contributed by atoms with Gasteiger partial charge in [0.2, 0.25) is 10.0 Å². The number of morpholine rings is 1. The van der Waals surface area contributed by atoms with Crippen molar-refractivity contribution in [1.29, 1.82) is 0 Å². The Morgan fingerprint density at radius 1 is 0.975 bits per heavy atom. The summed E-state index contributed by atoms with van der Waals surface area (Å²) in [6.07, 6.45) is 9.18. The molecule has 3 fully saturated rings. The fourth-order valence-corrected chi connectivity index (χ4v) is 7.66. The Bertz CT molecular complexity index is 1340. The average molecular weight is 570 g/mol. The fourth-order valence-electron chi connectivity index (χ4n) is 6.02. The zero-order chi connectivity index (χ0) is 28.1. The van der Waals surface area contributed by atoms with Crippen molar-refractivity contribution in [3.8, 4) is 0 Å². The molecule has 0 amide bonds. The topological polar surface area (TPSA) is 109 Å². The van der Waals surface area contributed by atoms with E-state index >= 15 is 0 Å². The quantitative estimate of drug-likeness (QED) is 0.246. The largest absolute Gasteiger partial charge is 0.379 e. The number of sulfonamides is 1. The Hall–Kier alpha value is -3.02. The molecule has 0 radical (unpaired) electrons. The van der Waals surface area contributed by atoms with E-state index in [1.54, 1.807) is 24.4 Å². The minimum atomic E-state index is -3.76. The van der Waals surface area contributed by atoms with Crippen LogP contribution >= 0.6 is 0 Å². The molecule has 0 N–H and O–H groups in total. The maximum atomic E-state index is 13.8. The van der Waals surface area contributed by atoms with E-state index in [9.17, 15) is 18.5 Å². The number of nitrogens with zero attached hydrogens (tertiary/aromatic N) is 5. The van der Waals surface area contributed by atoms with Crippen LogP contribution in [0.1, 0.15) is 57.4 Å². The van der Waals surface area contributed by atoms with E-state index in [0.29, 0.717) is 49.3 Å². The van der Waals surface area contributed by atoms with E-state index in [1.807, 2.05) is 18.2 Å². The molecule has 0 aliphatic carbocycles. The number of piperidine rings is 2. The van der Waals surface area contributed by atoms with Crippen LogP contribution in [-0.4, -0.2) is 75.8 Å². The fraction of sp³-hybridized carbons (Fsp3) is 0.552. The summed E-state index contributed by atoms with van der Waals surface area (Å²) in [6, 6.07) is 10.7. The highest BCUT2D eigenvalue weighted by Crippen LogP contribution is 2.35. The number of hydrogen-bond acceptors (Lipinski definition) is 8. The first kappa shape index (κ1) is 28.5. The SMILES string of the molecule is CC[C@@H]1CCCCN1c1ccc([N+](=O)[O-])cc1C=Nc1ccc(N2CCCCC2)c(S(=O)(=O)N2CCOCC2)c1. The van der Waals surface area contributed by atoms with Crippen LogP contribution in [0.15, 0.2) is 46.3 Å². The lowest BCUT2D eigenvalue weighted by Crippen LogP contribution is -2.41. The number of aliphatic imine (C=N–C) groups is 1. The zero-order valence-electron chi connectivity index (χ0n) is 23.2. The number of ether oxygens (including phenoxy) is 1. The highest BCUT2D eigenvalue weighted by molar-refractivity contribution is 7.89. The highest BCUT2D eigenvalue weighted by atomic mass is 32.2. The van der Waals surface area contributed by atoms with Gasteiger partial charge in [0.05, 0.1) is 29.5 Å². The van der Waals surface area contributed by atoms with E-state index in [2.05, 4.69) is 21.7 Å². The molecule has 3 saturated heterocycles. The van der Waals surface area contributed by atoms with Crippen LogP contribution in [-0.2, 0) is 14.8 Å². The van der Waals surface area contributed by atoms with Crippen molar-refractivity contribution in [2.24, 2.45) is 4.99 Å². The van der Waals surface area contributed by atoms with Gasteiger partial charge in [-0.3, -0.25) is 15.1 Å². The lowest BCUT2D eigenvalue weighted by Gasteiger charge is -2.38. The molecule has 3 heterocycles. The molecular weight excluding hydrogens is 530 g/mol. The summed E-state index contributed by atoms with van der Waals surface area (Å²) in [5.74, 6) is 0. The van der Waals surface area contributed by atoms with Gasteiger partial charge in [-0.2, -0.15) is 4.31 Å². The molecule has 0 bridgehead atoms. The van der Waals surface area contributed by atoms with Gasteiger partial charge in [0.15, 0.2) is 0 Å². The Balaban J connectivity index is 1.53. The minimum Gasteiger partial charge on any atom is -0.379 e. The van der Waals surface area contributed by atoms with Gasteiger partial charge < -0.3 is 14.5 Å². The van der Waals surface area contributed by atoms with Crippen molar-refractivity contribution < 1.29 is 18.1 Å². The number of rotatable bonds is 8. The Labute approximate surface area is 236 Å². The number of non-ortho nitro benzene ring substituents is 1. The van der Waals surface area contributed by atoms with Crippen molar-refractivity contribution in [3.63, 3.8) is 0 Å². The van der Waals surface area contributed by atoms with Gasteiger partial charge in [0.25, 0.3) is 5.69 Å². The van der Waals surface area contributed by atoms with Gasteiger partial charge in [0, 0.05) is 68.4 Å². The Kier molecular flexibility index (Phi) is 9.02. The maximum absolute atomic E-state index is 13.8. The number of anilines is 2. The molecule has 10 nitrogen and oxygen atoms in total. The molecule has 0 spiro atoms. The van der Waals surface area contributed by atoms with Crippen LogP contribution in [0, 0.1) is 10.1 Å². The second-order valence-electron chi connectivity index (χ2n) is 10.7. The van der Waals surface area contributed by atoms with Gasteiger partial charge in [-0.15, -0.1) is 0 Å². The van der Waals surface area contributed by atoms with Crippen molar-refractivity contribution in [2.75, 3.05) is 55.7 Å². The summed E-state index contributed by atoms with van der Waals surface area (Å²) < 4.78 is 34.6. The summed E-state index contributed by atoms with van der Waals surface area (Å²) in [5, 5.41) is 11.6. The van der Waals surface area contributed by atoms with Crippen molar-refractivity contribution in [3.05, 3.63) is 52.1 Å². The van der Waals surface area contributed by atoms with Crippen molar-refractivity contribution in [1.82, 2.24) is 4.31 Å². The summed E-state index contributed by atoms with van der Waals surface area (Å²) in [6.45, 7) is 6.09. The number of benzene rings is 2. The first-order valence-corrected chi connectivity index (χ1v) is 15.9. The third-order valence-electron chi connectivity index (χ3n) is 8.21. The van der Waals surface area contributed by atoms with Gasteiger partial charge in [-0.1, -0.05) is 6.92 Å². The van der Waals surface area contributed by atoms with Crippen molar-refractivity contribution in [2.45, 2.75) is 62.8 Å². The normalized spacial score (nSPS) is 21.2. The highest BCUT2D eigenvalue weighted by Gasteiger charge is 2.31. The Morgan fingerprint density at radius 2 is 1.70 bits per heavy atom. The van der Waals surface area contributed by atoms with Crippen molar-refractivity contribution >= 4 is 39.0 Å². The molecule has 216 valence electrons. The maximum Gasteiger partial charge on any atom is 0.270 e. The smallest absolute Gasteiger partial charge is 0.270 e. The molecule has 0 aromatic heterocycles. The van der Waals surface area contributed by atoms with E-state index < -0.39 is 14.9 Å². The van der Waals surface area contributed by atoms with Gasteiger partial charge in [-0.25, -0.2) is 8.42 Å². The molecule has 2 aromatic carbocycles. The van der Waals surface area contributed by atoms with E-state index in [0.717, 1.165) is 63.8 Å². The molecule has 0 unspecified atom stereocenters. The van der Waals surface area contributed by atoms with E-state index in [1.165, 1.54) is 10.7 Å². The lowest BCUT2D eigenvalue weighted by molar-refractivity contribution is -0.384. The molecule has 3 aliphatic heterocycles. The molecule has 5 rings (SSSR count). The molecule has 0 saturated carbocycles. The van der Waals surface area contributed by atoms with Crippen LogP contribution in [0.25, 0.3) is 0 Å². The number of nitro benzene ring substituents is 1. The predicted molar refractivity (Wildman–Crippen MR) is 158 cm³/mol. The number of nitro groups is 1.